The molecule has 2 N–H and O–H groups in total. The first kappa shape index (κ1) is 18.4. The molecular formula is C20H21FN4O3. The number of pyridine rings is 1. The lowest BCUT2D eigenvalue weighted by Gasteiger charge is -2.14. The van der Waals surface area contributed by atoms with Crippen LogP contribution in [-0.4, -0.2) is 46.7 Å². The first-order chi connectivity index (χ1) is 13.7. The molecule has 28 heavy (non-hydrogen) atoms. The number of halogens is 1. The number of methoxy groups -OCH3 is 1. The van der Waals surface area contributed by atoms with Crippen molar-refractivity contribution in [1.29, 1.82) is 0 Å². The zero-order valence-electron chi connectivity index (χ0n) is 15.5. The molecule has 2 aromatic heterocycles. The van der Waals surface area contributed by atoms with Crippen molar-refractivity contribution in [2.24, 2.45) is 0 Å². The number of fused-ring (bicyclic) bond motifs is 1. The highest BCUT2D eigenvalue weighted by molar-refractivity contribution is 5.84. The van der Waals surface area contributed by atoms with Gasteiger partial charge in [0.2, 0.25) is 5.88 Å². The molecule has 146 valence electrons. The van der Waals surface area contributed by atoms with Crippen molar-refractivity contribution in [2.75, 3.05) is 26.9 Å². The third kappa shape index (κ3) is 3.69. The lowest BCUT2D eigenvalue weighted by molar-refractivity contribution is 0.146. The Bertz CT molecular complexity index is 966. The quantitative estimate of drug-likeness (QED) is 0.636. The Labute approximate surface area is 161 Å². The Morgan fingerprint density at radius 3 is 2.89 bits per heavy atom. The van der Waals surface area contributed by atoms with Gasteiger partial charge in [0.05, 0.1) is 24.5 Å². The van der Waals surface area contributed by atoms with Gasteiger partial charge < -0.3 is 19.9 Å². The Balaban J connectivity index is 1.80. The average Bonchev–Trinajstić information content (AvgIpc) is 3.13. The number of aromatic nitrogens is 3. The smallest absolute Gasteiger partial charge is 0.211 e. The highest BCUT2D eigenvalue weighted by atomic mass is 19.1. The van der Waals surface area contributed by atoms with Crippen LogP contribution < -0.4 is 10.1 Å². The maximum atomic E-state index is 13.8. The normalized spacial score (nSPS) is 13.4. The van der Waals surface area contributed by atoms with E-state index in [9.17, 15) is 9.50 Å². The van der Waals surface area contributed by atoms with Gasteiger partial charge in [-0.25, -0.2) is 9.37 Å². The summed E-state index contributed by atoms with van der Waals surface area (Å²) in [6, 6.07) is 7.91. The van der Waals surface area contributed by atoms with Crippen LogP contribution in [0.1, 0.15) is 5.69 Å². The standard InChI is InChI=1S/C20H21FN4O3/c1-27-6-7-28-19-8-13(21)2-3-15(19)17-12-23-20(26)10-16(17)18-9-14-11-22-4-5-25(14)24-18/h2-3,8-10,12,22H,4-7,11H2,1H3,(H,23,26). The number of nitrogens with one attached hydrogen (secondary N) is 1. The Morgan fingerprint density at radius 1 is 1.18 bits per heavy atom. The molecule has 3 aromatic rings. The fraction of sp³-hybridized carbons (Fsp3) is 0.300. The van der Waals surface area contributed by atoms with Crippen molar-refractivity contribution in [3.05, 3.63) is 48.0 Å². The Kier molecular flexibility index (Phi) is 5.23. The molecule has 0 fully saturated rings. The summed E-state index contributed by atoms with van der Waals surface area (Å²) in [6.07, 6.45) is 1.55. The monoisotopic (exact) mass is 384 g/mol. The van der Waals surface area contributed by atoms with E-state index in [0.29, 0.717) is 29.0 Å². The SMILES string of the molecule is COCCOc1cc(F)ccc1-c1cnc(O)cc1-c1cc2n(n1)CCNC2. The third-order valence-corrected chi connectivity index (χ3v) is 4.61. The minimum atomic E-state index is -0.395. The topological polar surface area (TPSA) is 81.4 Å². The Hall–Kier alpha value is -2.97. The largest absolute Gasteiger partial charge is 0.493 e. The fourth-order valence-electron chi connectivity index (χ4n) is 3.27. The molecule has 0 saturated heterocycles. The summed E-state index contributed by atoms with van der Waals surface area (Å²) in [5.41, 5.74) is 3.87. The van der Waals surface area contributed by atoms with Crippen LogP contribution in [0.2, 0.25) is 0 Å². The number of benzene rings is 1. The minimum absolute atomic E-state index is 0.105. The molecular weight excluding hydrogens is 363 g/mol. The number of hydrogen-bond acceptors (Lipinski definition) is 6. The van der Waals surface area contributed by atoms with Crippen molar-refractivity contribution < 1.29 is 19.0 Å². The second-order valence-electron chi connectivity index (χ2n) is 6.49. The third-order valence-electron chi connectivity index (χ3n) is 4.61. The lowest BCUT2D eigenvalue weighted by atomic mass is 9.98. The number of aromatic hydroxyl groups is 1. The Morgan fingerprint density at radius 2 is 2.07 bits per heavy atom. The molecule has 7 nitrogen and oxygen atoms in total. The van der Waals surface area contributed by atoms with Crippen LogP contribution in [0.5, 0.6) is 11.6 Å². The van der Waals surface area contributed by atoms with E-state index in [-0.39, 0.29) is 12.5 Å². The van der Waals surface area contributed by atoms with E-state index in [1.54, 1.807) is 25.4 Å². The molecule has 0 amide bonds. The molecule has 4 rings (SSSR count). The second-order valence-corrected chi connectivity index (χ2v) is 6.49. The predicted octanol–water partition coefficient (Wildman–Crippen LogP) is 2.59. The molecule has 0 aliphatic carbocycles. The van der Waals surface area contributed by atoms with Crippen LogP contribution in [0.3, 0.4) is 0 Å². The van der Waals surface area contributed by atoms with E-state index >= 15 is 0 Å². The lowest BCUT2D eigenvalue weighted by Crippen LogP contribution is -2.28. The molecule has 8 heteroatoms. The maximum absolute atomic E-state index is 13.8. The van der Waals surface area contributed by atoms with E-state index in [1.807, 2.05) is 10.7 Å². The van der Waals surface area contributed by atoms with Crippen molar-refractivity contribution in [1.82, 2.24) is 20.1 Å². The summed E-state index contributed by atoms with van der Waals surface area (Å²) in [4.78, 5) is 4.02. The van der Waals surface area contributed by atoms with E-state index < -0.39 is 5.82 Å². The number of ether oxygens (including phenoxy) is 2. The molecule has 1 aliphatic rings. The highest BCUT2D eigenvalue weighted by Gasteiger charge is 2.19. The van der Waals surface area contributed by atoms with Crippen LogP contribution >= 0.6 is 0 Å². The molecule has 1 aliphatic heterocycles. The highest BCUT2D eigenvalue weighted by Crippen LogP contribution is 2.38. The number of rotatable bonds is 6. The maximum Gasteiger partial charge on any atom is 0.211 e. The van der Waals surface area contributed by atoms with Crippen molar-refractivity contribution in [2.45, 2.75) is 13.1 Å². The first-order valence-electron chi connectivity index (χ1n) is 9.04. The van der Waals surface area contributed by atoms with Crippen molar-refractivity contribution >= 4 is 0 Å². The van der Waals surface area contributed by atoms with E-state index in [4.69, 9.17) is 9.47 Å². The van der Waals surface area contributed by atoms with Gasteiger partial charge in [0.15, 0.2) is 0 Å². The molecule has 3 heterocycles. The van der Waals surface area contributed by atoms with Gasteiger partial charge in [-0.2, -0.15) is 5.10 Å². The van der Waals surface area contributed by atoms with E-state index in [2.05, 4.69) is 15.4 Å². The summed E-state index contributed by atoms with van der Waals surface area (Å²) < 4.78 is 26.5. The fourth-order valence-corrected chi connectivity index (χ4v) is 3.27. The molecule has 0 saturated carbocycles. The average molecular weight is 384 g/mol. The number of hydrogen-bond donors (Lipinski definition) is 2. The van der Waals surface area contributed by atoms with Crippen LogP contribution in [-0.2, 0) is 17.8 Å². The zero-order valence-corrected chi connectivity index (χ0v) is 15.5. The second kappa shape index (κ2) is 7.95. The van der Waals surface area contributed by atoms with Gasteiger partial charge in [0.25, 0.3) is 0 Å². The molecule has 0 unspecified atom stereocenters. The summed E-state index contributed by atoms with van der Waals surface area (Å²) in [6.45, 7) is 3.05. The van der Waals surface area contributed by atoms with Gasteiger partial charge in [-0.05, 0) is 18.2 Å². The summed E-state index contributed by atoms with van der Waals surface area (Å²) in [5.74, 6) is -0.115. The van der Waals surface area contributed by atoms with Gasteiger partial charge in [0, 0.05) is 55.2 Å². The summed E-state index contributed by atoms with van der Waals surface area (Å²) in [7, 11) is 1.58. The summed E-state index contributed by atoms with van der Waals surface area (Å²) in [5, 5.41) is 18.0. The van der Waals surface area contributed by atoms with Gasteiger partial charge in [0.1, 0.15) is 18.2 Å². The molecule has 0 radical (unpaired) electrons. The minimum Gasteiger partial charge on any atom is -0.493 e. The van der Waals surface area contributed by atoms with Crippen LogP contribution in [0, 0.1) is 5.82 Å². The molecule has 0 bridgehead atoms. The van der Waals surface area contributed by atoms with E-state index in [1.165, 1.54) is 12.1 Å². The van der Waals surface area contributed by atoms with Crippen LogP contribution in [0.25, 0.3) is 22.4 Å². The van der Waals surface area contributed by atoms with Gasteiger partial charge in [-0.1, -0.05) is 0 Å². The molecule has 0 atom stereocenters. The summed E-state index contributed by atoms with van der Waals surface area (Å²) >= 11 is 0. The van der Waals surface area contributed by atoms with Gasteiger partial charge >= 0.3 is 0 Å². The van der Waals surface area contributed by atoms with Crippen molar-refractivity contribution in [3.8, 4) is 34.0 Å². The van der Waals surface area contributed by atoms with Crippen LogP contribution in [0.15, 0.2) is 36.5 Å². The van der Waals surface area contributed by atoms with Crippen LogP contribution in [0.4, 0.5) is 4.39 Å². The van der Waals surface area contributed by atoms with Crippen molar-refractivity contribution in [3.63, 3.8) is 0 Å². The van der Waals surface area contributed by atoms with Gasteiger partial charge in [-0.3, -0.25) is 4.68 Å². The van der Waals surface area contributed by atoms with E-state index in [0.717, 1.165) is 31.0 Å². The molecule has 0 spiro atoms. The zero-order chi connectivity index (χ0) is 19.5. The van der Waals surface area contributed by atoms with Gasteiger partial charge in [-0.15, -0.1) is 0 Å². The number of nitrogens with zero attached hydrogens (tertiary/aromatic N) is 3. The predicted molar refractivity (Wildman–Crippen MR) is 102 cm³/mol. The molecule has 1 aromatic carbocycles. The first-order valence-corrected chi connectivity index (χ1v) is 9.04.